The predicted molar refractivity (Wildman–Crippen MR) is 92.1 cm³/mol. The Morgan fingerprint density at radius 1 is 1.35 bits per heavy atom. The van der Waals surface area contributed by atoms with E-state index in [0.29, 0.717) is 25.9 Å². The lowest BCUT2D eigenvalue weighted by atomic mass is 10.1. The summed E-state index contributed by atoms with van der Waals surface area (Å²) in [6, 6.07) is 4.38. The van der Waals surface area contributed by atoms with Gasteiger partial charge >= 0.3 is 0 Å². The fourth-order valence-corrected chi connectivity index (χ4v) is 2.74. The van der Waals surface area contributed by atoms with Gasteiger partial charge in [0.25, 0.3) is 0 Å². The molecule has 1 unspecified atom stereocenters. The van der Waals surface area contributed by atoms with Crippen LogP contribution in [0.5, 0.6) is 5.75 Å². The number of nitrogens with one attached hydrogen (secondary N) is 2. The van der Waals surface area contributed by atoms with Gasteiger partial charge in [0, 0.05) is 24.9 Å². The highest BCUT2D eigenvalue weighted by Crippen LogP contribution is 2.27. The van der Waals surface area contributed by atoms with Crippen molar-refractivity contribution in [1.82, 2.24) is 5.32 Å². The molecule has 1 fully saturated rings. The van der Waals surface area contributed by atoms with Crippen molar-refractivity contribution in [3.8, 4) is 5.75 Å². The van der Waals surface area contributed by atoms with Crippen LogP contribution in [0.1, 0.15) is 31.4 Å². The highest BCUT2D eigenvalue weighted by Gasteiger charge is 2.23. The number of rotatable bonds is 7. The molecular weight excluding hydrogens is 292 g/mol. The molecule has 2 rings (SSSR count). The molecule has 5 heteroatoms. The van der Waals surface area contributed by atoms with Gasteiger partial charge in [-0.1, -0.05) is 13.8 Å². The van der Waals surface area contributed by atoms with Crippen LogP contribution in [0.25, 0.3) is 0 Å². The number of anilines is 1. The van der Waals surface area contributed by atoms with E-state index in [4.69, 9.17) is 9.47 Å². The summed E-state index contributed by atoms with van der Waals surface area (Å²) in [5.74, 6) is 0.905. The van der Waals surface area contributed by atoms with Crippen molar-refractivity contribution >= 4 is 11.6 Å². The van der Waals surface area contributed by atoms with Crippen LogP contribution in [-0.2, 0) is 9.53 Å². The zero-order valence-electron chi connectivity index (χ0n) is 14.6. The largest absolute Gasteiger partial charge is 0.492 e. The Kier molecular flexibility index (Phi) is 6.42. The standard InChI is InChI=1S/C18H28N2O3/c1-12(2)19-6-8-23-17-13(3)9-16(10-14(17)4)20-18(21)15-5-7-22-11-15/h9-10,12,15,19H,5-8,11H2,1-4H3,(H,20,21). The van der Waals surface area contributed by atoms with Gasteiger partial charge in [0.2, 0.25) is 5.91 Å². The van der Waals surface area contributed by atoms with Crippen LogP contribution in [0.4, 0.5) is 5.69 Å². The topological polar surface area (TPSA) is 59.6 Å². The highest BCUT2D eigenvalue weighted by molar-refractivity contribution is 5.93. The Labute approximate surface area is 138 Å². The summed E-state index contributed by atoms with van der Waals surface area (Å²) in [4.78, 5) is 12.2. The summed E-state index contributed by atoms with van der Waals surface area (Å²) >= 11 is 0. The smallest absolute Gasteiger partial charge is 0.229 e. The molecule has 1 heterocycles. The van der Waals surface area contributed by atoms with Crippen LogP contribution >= 0.6 is 0 Å². The van der Waals surface area contributed by atoms with Crippen molar-refractivity contribution in [1.29, 1.82) is 0 Å². The fourth-order valence-electron chi connectivity index (χ4n) is 2.74. The van der Waals surface area contributed by atoms with Gasteiger partial charge in [-0.2, -0.15) is 0 Å². The Balaban J connectivity index is 1.94. The van der Waals surface area contributed by atoms with Gasteiger partial charge in [0.1, 0.15) is 12.4 Å². The van der Waals surface area contributed by atoms with Gasteiger partial charge in [-0.05, 0) is 43.5 Å². The third-order valence-electron chi connectivity index (χ3n) is 3.93. The lowest BCUT2D eigenvalue weighted by molar-refractivity contribution is -0.119. The van der Waals surface area contributed by atoms with Crippen molar-refractivity contribution in [2.24, 2.45) is 5.92 Å². The molecule has 1 aliphatic heterocycles. The van der Waals surface area contributed by atoms with Crippen molar-refractivity contribution < 1.29 is 14.3 Å². The minimum atomic E-state index is -0.0337. The molecule has 1 aromatic rings. The molecule has 0 aliphatic carbocycles. The summed E-state index contributed by atoms with van der Waals surface area (Å²) in [5.41, 5.74) is 2.89. The number of hydrogen-bond donors (Lipinski definition) is 2. The molecule has 23 heavy (non-hydrogen) atoms. The van der Waals surface area contributed by atoms with E-state index in [0.717, 1.165) is 35.5 Å². The zero-order chi connectivity index (χ0) is 16.8. The Morgan fingerprint density at radius 2 is 2.04 bits per heavy atom. The monoisotopic (exact) mass is 320 g/mol. The summed E-state index contributed by atoms with van der Waals surface area (Å²) in [6.45, 7) is 10.9. The van der Waals surface area contributed by atoms with E-state index < -0.39 is 0 Å². The Bertz CT molecular complexity index is 514. The molecule has 1 atom stereocenters. The number of amides is 1. The van der Waals surface area contributed by atoms with Crippen LogP contribution < -0.4 is 15.4 Å². The average Bonchev–Trinajstić information content (AvgIpc) is 2.99. The molecule has 0 aromatic heterocycles. The van der Waals surface area contributed by atoms with Crippen LogP contribution in [0.15, 0.2) is 12.1 Å². The Morgan fingerprint density at radius 3 is 2.61 bits per heavy atom. The van der Waals surface area contributed by atoms with Crippen molar-refractivity contribution in [3.63, 3.8) is 0 Å². The zero-order valence-corrected chi connectivity index (χ0v) is 14.6. The maximum atomic E-state index is 12.2. The van der Waals surface area contributed by atoms with E-state index in [1.165, 1.54) is 0 Å². The summed E-state index contributed by atoms with van der Waals surface area (Å²) < 4.78 is 11.1. The molecule has 1 aromatic carbocycles. The summed E-state index contributed by atoms with van der Waals surface area (Å²) in [6.07, 6.45) is 0.799. The lowest BCUT2D eigenvalue weighted by Crippen LogP contribution is -2.27. The van der Waals surface area contributed by atoms with Crippen LogP contribution in [-0.4, -0.2) is 38.3 Å². The first-order chi connectivity index (χ1) is 11.0. The second-order valence-corrected chi connectivity index (χ2v) is 6.45. The lowest BCUT2D eigenvalue weighted by Gasteiger charge is -2.16. The number of ether oxygens (including phenoxy) is 2. The molecule has 1 amide bonds. The minimum Gasteiger partial charge on any atom is -0.492 e. The van der Waals surface area contributed by atoms with Gasteiger partial charge in [0.15, 0.2) is 0 Å². The molecular formula is C18H28N2O3. The second-order valence-electron chi connectivity index (χ2n) is 6.45. The van der Waals surface area contributed by atoms with Crippen LogP contribution in [0.2, 0.25) is 0 Å². The first-order valence-corrected chi connectivity index (χ1v) is 8.33. The summed E-state index contributed by atoms with van der Waals surface area (Å²) in [5, 5.41) is 6.32. The molecule has 0 spiro atoms. The normalized spacial score (nSPS) is 17.5. The Hall–Kier alpha value is -1.59. The fraction of sp³-hybridized carbons (Fsp3) is 0.611. The van der Waals surface area contributed by atoms with E-state index in [1.807, 2.05) is 26.0 Å². The van der Waals surface area contributed by atoms with E-state index in [-0.39, 0.29) is 11.8 Å². The molecule has 0 radical (unpaired) electrons. The minimum absolute atomic E-state index is 0.0337. The summed E-state index contributed by atoms with van der Waals surface area (Å²) in [7, 11) is 0. The molecule has 1 saturated heterocycles. The maximum Gasteiger partial charge on any atom is 0.229 e. The molecule has 1 aliphatic rings. The van der Waals surface area contributed by atoms with E-state index in [2.05, 4.69) is 24.5 Å². The maximum absolute atomic E-state index is 12.2. The van der Waals surface area contributed by atoms with E-state index >= 15 is 0 Å². The molecule has 2 N–H and O–H groups in total. The number of carbonyl (C=O) groups excluding carboxylic acids is 1. The molecule has 0 saturated carbocycles. The first kappa shape index (κ1) is 17.8. The van der Waals surface area contributed by atoms with Gasteiger partial charge in [0.05, 0.1) is 12.5 Å². The van der Waals surface area contributed by atoms with Gasteiger partial charge < -0.3 is 20.1 Å². The highest BCUT2D eigenvalue weighted by atomic mass is 16.5. The molecule has 128 valence electrons. The van der Waals surface area contributed by atoms with E-state index in [9.17, 15) is 4.79 Å². The first-order valence-electron chi connectivity index (χ1n) is 8.33. The SMILES string of the molecule is Cc1cc(NC(=O)C2CCOC2)cc(C)c1OCCNC(C)C. The number of aryl methyl sites for hydroxylation is 2. The third kappa shape index (κ3) is 5.22. The van der Waals surface area contributed by atoms with Crippen LogP contribution in [0, 0.1) is 19.8 Å². The average molecular weight is 320 g/mol. The molecule has 5 nitrogen and oxygen atoms in total. The van der Waals surface area contributed by atoms with Gasteiger partial charge in [-0.3, -0.25) is 4.79 Å². The number of carbonyl (C=O) groups is 1. The third-order valence-corrected chi connectivity index (χ3v) is 3.93. The van der Waals surface area contributed by atoms with Gasteiger partial charge in [-0.25, -0.2) is 0 Å². The number of benzene rings is 1. The quantitative estimate of drug-likeness (QED) is 0.758. The molecule has 0 bridgehead atoms. The van der Waals surface area contributed by atoms with Crippen molar-refractivity contribution in [2.45, 2.75) is 40.2 Å². The second kappa shape index (κ2) is 8.31. The number of hydrogen-bond acceptors (Lipinski definition) is 4. The van der Waals surface area contributed by atoms with Crippen LogP contribution in [0.3, 0.4) is 0 Å². The van der Waals surface area contributed by atoms with E-state index in [1.54, 1.807) is 0 Å². The predicted octanol–water partition coefficient (Wildman–Crippen LogP) is 2.66. The van der Waals surface area contributed by atoms with Crippen molar-refractivity contribution in [3.05, 3.63) is 23.3 Å². The van der Waals surface area contributed by atoms with Gasteiger partial charge in [-0.15, -0.1) is 0 Å². The van der Waals surface area contributed by atoms with Crippen molar-refractivity contribution in [2.75, 3.05) is 31.7 Å².